The van der Waals surface area contributed by atoms with Crippen molar-refractivity contribution in [2.45, 2.75) is 13.0 Å². The molecular formula is C21H24N4O4S. The van der Waals surface area contributed by atoms with Crippen LogP contribution in [-0.4, -0.2) is 64.4 Å². The van der Waals surface area contributed by atoms with Crippen molar-refractivity contribution in [1.29, 1.82) is 0 Å². The Kier molecular flexibility index (Phi) is 5.85. The van der Waals surface area contributed by atoms with Gasteiger partial charge in [0, 0.05) is 36.1 Å². The zero-order valence-corrected chi connectivity index (χ0v) is 17.7. The van der Waals surface area contributed by atoms with Gasteiger partial charge in [0.25, 0.3) is 11.8 Å². The number of rotatable bonds is 5. The minimum atomic E-state index is -0.411. The van der Waals surface area contributed by atoms with Gasteiger partial charge in [-0.2, -0.15) is 5.10 Å². The Bertz CT molecular complexity index is 1090. The van der Waals surface area contributed by atoms with Gasteiger partial charge < -0.3 is 20.1 Å². The van der Waals surface area contributed by atoms with E-state index in [1.54, 1.807) is 15.8 Å². The second kappa shape index (κ2) is 8.55. The molecule has 0 radical (unpaired) electrons. The average molecular weight is 429 g/mol. The number of thiophene rings is 1. The van der Waals surface area contributed by atoms with Gasteiger partial charge in [-0.3, -0.25) is 14.3 Å². The molecule has 1 aliphatic rings. The van der Waals surface area contributed by atoms with Gasteiger partial charge >= 0.3 is 0 Å². The molecule has 158 valence electrons. The third kappa shape index (κ3) is 3.71. The molecule has 3 aromatic rings. The highest BCUT2D eigenvalue weighted by atomic mass is 32.1. The van der Waals surface area contributed by atoms with Crippen LogP contribution in [0.3, 0.4) is 0 Å². The maximum Gasteiger partial charge on any atom is 0.261 e. The highest BCUT2D eigenvalue weighted by molar-refractivity contribution is 7.21. The van der Waals surface area contributed by atoms with E-state index in [9.17, 15) is 9.59 Å². The van der Waals surface area contributed by atoms with Crippen LogP contribution in [0.1, 0.15) is 37.4 Å². The Balaban J connectivity index is 1.67. The highest BCUT2D eigenvalue weighted by Gasteiger charge is 2.32. The van der Waals surface area contributed by atoms with Gasteiger partial charge in [0.15, 0.2) is 0 Å². The van der Waals surface area contributed by atoms with Crippen molar-refractivity contribution in [2.75, 3.05) is 32.8 Å². The van der Waals surface area contributed by atoms with Gasteiger partial charge in [0.05, 0.1) is 36.4 Å². The lowest BCUT2D eigenvalue weighted by molar-refractivity contribution is -0.0222. The van der Waals surface area contributed by atoms with E-state index in [4.69, 9.17) is 9.84 Å². The van der Waals surface area contributed by atoms with Crippen LogP contribution in [0.25, 0.3) is 10.1 Å². The molecule has 1 aromatic carbocycles. The molecular weight excluding hydrogens is 404 g/mol. The molecule has 4 rings (SSSR count). The Hall–Kier alpha value is -2.75. The fourth-order valence-corrected chi connectivity index (χ4v) is 4.86. The molecule has 1 atom stereocenters. The molecule has 1 fully saturated rings. The summed E-state index contributed by atoms with van der Waals surface area (Å²) in [7, 11) is 1.81. The molecule has 2 N–H and O–H groups in total. The first-order valence-electron chi connectivity index (χ1n) is 9.81. The zero-order chi connectivity index (χ0) is 21.3. The summed E-state index contributed by atoms with van der Waals surface area (Å²) in [5, 5.41) is 16.9. The van der Waals surface area contributed by atoms with Crippen LogP contribution in [0.15, 0.2) is 30.5 Å². The number of hydrogen-bond acceptors (Lipinski definition) is 6. The van der Waals surface area contributed by atoms with Crippen molar-refractivity contribution in [2.24, 2.45) is 7.05 Å². The molecule has 1 saturated heterocycles. The number of nitrogens with zero attached hydrogens (tertiary/aromatic N) is 3. The molecule has 9 heteroatoms. The topological polar surface area (TPSA) is 96.7 Å². The van der Waals surface area contributed by atoms with Crippen molar-refractivity contribution >= 4 is 33.2 Å². The van der Waals surface area contributed by atoms with Crippen molar-refractivity contribution in [3.05, 3.63) is 52.2 Å². The van der Waals surface area contributed by atoms with E-state index in [0.717, 1.165) is 21.3 Å². The van der Waals surface area contributed by atoms with Crippen molar-refractivity contribution in [3.63, 3.8) is 0 Å². The maximum atomic E-state index is 13.1. The fraction of sp³-hybridized carbons (Fsp3) is 0.381. The number of morpholine rings is 1. The first kappa shape index (κ1) is 20.5. The standard InChI is InChI=1S/C21H24N4O4S/c1-13-15(11-23-24(13)2)21(28)25-8-10-29-16(12-25)18-14-5-3-4-6-17(14)30-19(18)20(27)22-7-9-26/h3-6,11,16,26H,7-10,12H2,1-2H3,(H,22,27)/t16-/m0/s1. The van der Waals surface area contributed by atoms with E-state index < -0.39 is 6.10 Å². The molecule has 0 bridgehead atoms. The molecule has 30 heavy (non-hydrogen) atoms. The van der Waals surface area contributed by atoms with Gasteiger partial charge in [0.2, 0.25) is 0 Å². The lowest BCUT2D eigenvalue weighted by atomic mass is 10.0. The summed E-state index contributed by atoms with van der Waals surface area (Å²) in [4.78, 5) is 28.2. The molecule has 0 spiro atoms. The van der Waals surface area contributed by atoms with E-state index in [0.29, 0.717) is 30.1 Å². The van der Waals surface area contributed by atoms with Crippen LogP contribution in [0.5, 0.6) is 0 Å². The lowest BCUT2D eigenvalue weighted by Crippen LogP contribution is -2.42. The normalized spacial score (nSPS) is 16.8. The summed E-state index contributed by atoms with van der Waals surface area (Å²) in [6, 6.07) is 7.80. The summed E-state index contributed by atoms with van der Waals surface area (Å²) in [5.74, 6) is -0.324. The predicted octanol–water partition coefficient (Wildman–Crippen LogP) is 1.88. The van der Waals surface area contributed by atoms with Gasteiger partial charge in [-0.1, -0.05) is 18.2 Å². The van der Waals surface area contributed by atoms with E-state index in [2.05, 4.69) is 10.4 Å². The zero-order valence-electron chi connectivity index (χ0n) is 16.9. The van der Waals surface area contributed by atoms with E-state index in [1.807, 2.05) is 38.2 Å². The van der Waals surface area contributed by atoms with Gasteiger partial charge in [-0.15, -0.1) is 11.3 Å². The molecule has 0 aliphatic carbocycles. The second-order valence-corrected chi connectivity index (χ2v) is 8.25. The largest absolute Gasteiger partial charge is 0.395 e. The minimum Gasteiger partial charge on any atom is -0.395 e. The number of fused-ring (bicyclic) bond motifs is 1. The fourth-order valence-electron chi connectivity index (χ4n) is 3.69. The van der Waals surface area contributed by atoms with Crippen molar-refractivity contribution < 1.29 is 19.4 Å². The molecule has 2 aromatic heterocycles. The number of aliphatic hydroxyl groups is 1. The van der Waals surface area contributed by atoms with Crippen LogP contribution < -0.4 is 5.32 Å². The SMILES string of the molecule is Cc1c(C(=O)N2CCO[C@H](c3c(C(=O)NCCO)sc4ccccc34)C2)cnn1C. The van der Waals surface area contributed by atoms with E-state index in [1.165, 1.54) is 11.3 Å². The Morgan fingerprint density at radius 3 is 2.90 bits per heavy atom. The minimum absolute atomic E-state index is 0.0836. The average Bonchev–Trinajstić information content (AvgIpc) is 3.32. The number of benzene rings is 1. The number of aliphatic hydroxyl groups excluding tert-OH is 1. The first-order chi connectivity index (χ1) is 14.5. The van der Waals surface area contributed by atoms with Crippen LogP contribution in [0.4, 0.5) is 0 Å². The quantitative estimate of drug-likeness (QED) is 0.647. The molecule has 2 amide bonds. The smallest absolute Gasteiger partial charge is 0.261 e. The van der Waals surface area contributed by atoms with E-state index >= 15 is 0 Å². The summed E-state index contributed by atoms with van der Waals surface area (Å²) < 4.78 is 8.70. The lowest BCUT2D eigenvalue weighted by Gasteiger charge is -2.33. The predicted molar refractivity (Wildman–Crippen MR) is 114 cm³/mol. The Labute approximate surface area is 178 Å². The Morgan fingerprint density at radius 2 is 2.17 bits per heavy atom. The number of nitrogens with one attached hydrogen (secondary N) is 1. The molecule has 3 heterocycles. The monoisotopic (exact) mass is 428 g/mol. The maximum absolute atomic E-state index is 13.1. The number of carbonyl (C=O) groups excluding carboxylic acids is 2. The van der Waals surface area contributed by atoms with Crippen LogP contribution in [0, 0.1) is 6.92 Å². The summed E-state index contributed by atoms with van der Waals surface area (Å²) >= 11 is 1.40. The molecule has 0 saturated carbocycles. The summed E-state index contributed by atoms with van der Waals surface area (Å²) in [5.41, 5.74) is 2.19. The molecule has 0 unspecified atom stereocenters. The van der Waals surface area contributed by atoms with Gasteiger partial charge in [-0.05, 0) is 18.4 Å². The second-order valence-electron chi connectivity index (χ2n) is 7.20. The Morgan fingerprint density at radius 1 is 1.37 bits per heavy atom. The molecule has 1 aliphatic heterocycles. The van der Waals surface area contributed by atoms with Crippen LogP contribution in [-0.2, 0) is 11.8 Å². The number of hydrogen-bond donors (Lipinski definition) is 2. The number of ether oxygens (including phenoxy) is 1. The third-order valence-corrected chi connectivity index (χ3v) is 6.56. The molecule has 8 nitrogen and oxygen atoms in total. The highest BCUT2D eigenvalue weighted by Crippen LogP contribution is 2.38. The first-order valence-corrected chi connectivity index (χ1v) is 10.6. The van der Waals surface area contributed by atoms with Crippen molar-refractivity contribution in [1.82, 2.24) is 20.0 Å². The van der Waals surface area contributed by atoms with E-state index in [-0.39, 0.29) is 25.0 Å². The van der Waals surface area contributed by atoms with Gasteiger partial charge in [-0.25, -0.2) is 0 Å². The number of aryl methyl sites for hydroxylation is 1. The third-order valence-electron chi connectivity index (χ3n) is 5.38. The van der Waals surface area contributed by atoms with Crippen LogP contribution in [0.2, 0.25) is 0 Å². The number of carbonyl (C=O) groups is 2. The van der Waals surface area contributed by atoms with Gasteiger partial charge in [0.1, 0.15) is 6.10 Å². The number of aromatic nitrogens is 2. The summed E-state index contributed by atoms with van der Waals surface area (Å²) in [6.07, 6.45) is 1.18. The van der Waals surface area contributed by atoms with Crippen molar-refractivity contribution in [3.8, 4) is 0 Å². The number of amides is 2. The van der Waals surface area contributed by atoms with Crippen LogP contribution >= 0.6 is 11.3 Å². The summed E-state index contributed by atoms with van der Waals surface area (Å²) in [6.45, 7) is 3.15.